The third kappa shape index (κ3) is 5.14. The molecular weight excluding hydrogens is 745 g/mol. The van der Waals surface area contributed by atoms with Crippen molar-refractivity contribution in [3.05, 3.63) is 206 Å². The molecule has 0 unspecified atom stereocenters. The fraction of sp³-hybridized carbons (Fsp3) is 0. The monoisotopic (exact) mass is 778 g/mol. The zero-order valence-corrected chi connectivity index (χ0v) is 32.8. The highest BCUT2D eigenvalue weighted by Crippen LogP contribution is 2.51. The number of para-hydroxylation sites is 3. The van der Waals surface area contributed by atoms with E-state index in [1.165, 1.54) is 32.5 Å². The predicted molar refractivity (Wildman–Crippen MR) is 250 cm³/mol. The summed E-state index contributed by atoms with van der Waals surface area (Å²) in [5.74, 6) is 3.27. The molecule has 0 amide bonds. The van der Waals surface area contributed by atoms with Gasteiger partial charge in [0.2, 0.25) is 0 Å². The molecule has 9 aromatic carbocycles. The third-order valence-electron chi connectivity index (χ3n) is 12.3. The predicted octanol–water partition coefficient (Wildman–Crippen LogP) is 14.6. The summed E-state index contributed by atoms with van der Waals surface area (Å²) in [6.45, 7) is 0. The minimum atomic E-state index is 0.686. The van der Waals surface area contributed by atoms with E-state index in [2.05, 4.69) is 185 Å². The lowest BCUT2D eigenvalue weighted by atomic mass is 9.92. The molecule has 4 heterocycles. The number of nitrogens with zero attached hydrogens (tertiary/aromatic N) is 4. The largest absolute Gasteiger partial charge is 0.456 e. The van der Waals surface area contributed by atoms with Gasteiger partial charge in [-0.2, -0.15) is 0 Å². The van der Waals surface area contributed by atoms with E-state index < -0.39 is 0 Å². The number of hydrogen-bond donors (Lipinski definition) is 0. The lowest BCUT2D eigenvalue weighted by Crippen LogP contribution is -2.02. The number of benzene rings is 9. The van der Waals surface area contributed by atoms with Crippen molar-refractivity contribution in [1.29, 1.82) is 0 Å². The average molecular weight is 779 g/mol. The van der Waals surface area contributed by atoms with Crippen LogP contribution in [0.25, 0.3) is 111 Å². The highest BCUT2D eigenvalue weighted by Gasteiger charge is 2.25. The molecule has 61 heavy (non-hydrogen) atoms. The summed E-state index contributed by atoms with van der Waals surface area (Å²) in [4.78, 5) is 10.4. The first-order valence-electron chi connectivity index (χ1n) is 20.7. The van der Waals surface area contributed by atoms with Gasteiger partial charge in [0.15, 0.2) is 5.82 Å². The second-order valence-electron chi connectivity index (χ2n) is 15.7. The van der Waals surface area contributed by atoms with E-state index in [1.54, 1.807) is 0 Å². The van der Waals surface area contributed by atoms with Crippen molar-refractivity contribution < 1.29 is 4.74 Å². The minimum absolute atomic E-state index is 0.686. The number of fused-ring (bicyclic) bond motifs is 9. The number of ether oxygens (including phenoxy) is 1. The Labute approximate surface area is 351 Å². The van der Waals surface area contributed by atoms with Crippen LogP contribution in [-0.4, -0.2) is 19.1 Å². The summed E-state index contributed by atoms with van der Waals surface area (Å²) in [7, 11) is 0. The van der Waals surface area contributed by atoms with E-state index in [0.717, 1.165) is 84.0 Å². The van der Waals surface area contributed by atoms with Gasteiger partial charge in [-0.15, -0.1) is 0 Å². The normalized spacial score (nSPS) is 12.1. The number of hydrogen-bond acceptors (Lipinski definition) is 3. The molecule has 0 fully saturated rings. The summed E-state index contributed by atoms with van der Waals surface area (Å²) in [6.07, 6.45) is 0. The van der Waals surface area contributed by atoms with Gasteiger partial charge in [0.1, 0.15) is 17.3 Å². The summed E-state index contributed by atoms with van der Waals surface area (Å²) in [6, 6.07) is 73.1. The Morgan fingerprint density at radius 1 is 0.344 bits per heavy atom. The fourth-order valence-electron chi connectivity index (χ4n) is 9.61. The second kappa shape index (κ2) is 13.1. The molecular formula is C56H34N4O. The van der Waals surface area contributed by atoms with Crippen LogP contribution in [0.1, 0.15) is 0 Å². The topological polar surface area (TPSA) is 44.9 Å². The zero-order chi connectivity index (χ0) is 40.0. The van der Waals surface area contributed by atoms with Crippen LogP contribution in [-0.2, 0) is 0 Å². The molecule has 0 saturated carbocycles. The third-order valence-corrected chi connectivity index (χ3v) is 12.3. The average Bonchev–Trinajstić information content (AvgIpc) is 3.84. The maximum absolute atomic E-state index is 6.69. The first-order chi connectivity index (χ1) is 30.2. The van der Waals surface area contributed by atoms with Crippen LogP contribution in [0.4, 0.5) is 0 Å². The van der Waals surface area contributed by atoms with Gasteiger partial charge in [0.25, 0.3) is 0 Å². The van der Waals surface area contributed by atoms with Crippen LogP contribution in [0.15, 0.2) is 206 Å². The van der Waals surface area contributed by atoms with Crippen LogP contribution in [0.5, 0.6) is 11.5 Å². The summed E-state index contributed by atoms with van der Waals surface area (Å²) in [5.41, 5.74) is 13.0. The van der Waals surface area contributed by atoms with Crippen LogP contribution < -0.4 is 4.74 Å². The highest BCUT2D eigenvalue weighted by atomic mass is 16.5. The Hall–Kier alpha value is -8.28. The lowest BCUT2D eigenvalue weighted by molar-refractivity contribution is 0.487. The molecule has 0 bridgehead atoms. The molecule has 12 aromatic rings. The van der Waals surface area contributed by atoms with Gasteiger partial charge < -0.3 is 9.30 Å². The van der Waals surface area contributed by atoms with Crippen molar-refractivity contribution in [1.82, 2.24) is 19.1 Å². The van der Waals surface area contributed by atoms with Crippen molar-refractivity contribution in [3.8, 4) is 67.9 Å². The van der Waals surface area contributed by atoms with Crippen molar-refractivity contribution in [3.63, 3.8) is 0 Å². The van der Waals surface area contributed by atoms with Gasteiger partial charge >= 0.3 is 0 Å². The van der Waals surface area contributed by atoms with Crippen LogP contribution in [0.2, 0.25) is 0 Å². The Balaban J connectivity index is 1.06. The zero-order valence-electron chi connectivity index (χ0n) is 32.8. The van der Waals surface area contributed by atoms with Crippen molar-refractivity contribution in [2.24, 2.45) is 0 Å². The van der Waals surface area contributed by atoms with Gasteiger partial charge in [-0.1, -0.05) is 152 Å². The van der Waals surface area contributed by atoms with Crippen molar-refractivity contribution in [2.45, 2.75) is 0 Å². The molecule has 13 rings (SSSR count). The quantitative estimate of drug-likeness (QED) is 0.175. The van der Waals surface area contributed by atoms with E-state index >= 15 is 0 Å². The number of rotatable bonds is 5. The van der Waals surface area contributed by atoms with E-state index in [4.69, 9.17) is 14.7 Å². The van der Waals surface area contributed by atoms with Gasteiger partial charge in [-0.3, -0.25) is 4.57 Å². The molecule has 0 atom stereocenters. The van der Waals surface area contributed by atoms with Gasteiger partial charge in [-0.05, 0) is 64.5 Å². The van der Waals surface area contributed by atoms with Gasteiger partial charge in [0, 0.05) is 61.4 Å². The molecule has 3 aromatic heterocycles. The molecule has 0 spiro atoms. The highest BCUT2D eigenvalue weighted by molar-refractivity contribution is 6.26. The second-order valence-corrected chi connectivity index (χ2v) is 15.7. The van der Waals surface area contributed by atoms with E-state index in [9.17, 15) is 0 Å². The van der Waals surface area contributed by atoms with Crippen molar-refractivity contribution >= 4 is 54.4 Å². The molecule has 0 aliphatic carbocycles. The van der Waals surface area contributed by atoms with Gasteiger partial charge in [0.05, 0.1) is 27.8 Å². The Morgan fingerprint density at radius 2 is 1.00 bits per heavy atom. The molecule has 5 nitrogen and oxygen atoms in total. The van der Waals surface area contributed by atoms with Crippen LogP contribution >= 0.6 is 0 Å². The van der Waals surface area contributed by atoms with Gasteiger partial charge in [-0.25, -0.2) is 9.97 Å². The standard InChI is InChI=1S/C56H34N4O/c1-4-15-35(16-5-1)46-33-53(58-56(57-46)36-17-6-2-7-18-36)60-47-25-12-10-21-40(47)41-29-27-38(32-49(41)60)37-28-30-48-45(31-37)54-44-24-14-23-43-42-22-11-13-26-51(42)61-52(55(43)44)34-50(54)59(48)39-19-8-3-9-20-39/h1-34H. The van der Waals surface area contributed by atoms with Crippen LogP contribution in [0.3, 0.4) is 0 Å². The molecule has 1 aliphatic rings. The lowest BCUT2D eigenvalue weighted by Gasteiger charge is -2.22. The molecule has 0 N–H and O–H groups in total. The minimum Gasteiger partial charge on any atom is -0.456 e. The number of aromatic nitrogens is 4. The molecule has 284 valence electrons. The summed E-state index contributed by atoms with van der Waals surface area (Å²) < 4.78 is 11.4. The molecule has 5 heteroatoms. The van der Waals surface area contributed by atoms with E-state index in [-0.39, 0.29) is 0 Å². The Morgan fingerprint density at radius 3 is 1.85 bits per heavy atom. The molecule has 0 saturated heterocycles. The Bertz CT molecular complexity index is 3660. The maximum Gasteiger partial charge on any atom is 0.162 e. The summed E-state index contributed by atoms with van der Waals surface area (Å²) in [5, 5.41) is 7.07. The first-order valence-corrected chi connectivity index (χ1v) is 20.7. The van der Waals surface area contributed by atoms with Crippen LogP contribution in [0, 0.1) is 0 Å². The summed E-state index contributed by atoms with van der Waals surface area (Å²) >= 11 is 0. The Kier molecular flexibility index (Phi) is 7.24. The maximum atomic E-state index is 6.69. The smallest absolute Gasteiger partial charge is 0.162 e. The van der Waals surface area contributed by atoms with E-state index in [1.807, 2.05) is 30.3 Å². The molecule has 0 radical (unpaired) electrons. The first kappa shape index (κ1) is 33.7. The SMILES string of the molecule is c1ccc(-c2cc(-n3c4ccccc4c4ccc(-c5ccc6c(c5)c5c7cccc8c7c(cc5n6-c5ccccc5)Oc5ccccc5-8)cc43)nc(-c3ccccc3)n2)cc1. The van der Waals surface area contributed by atoms with E-state index in [0.29, 0.717) is 5.82 Å². The van der Waals surface area contributed by atoms with Crippen molar-refractivity contribution in [2.75, 3.05) is 0 Å². The fourth-order valence-corrected chi connectivity index (χ4v) is 9.61. The molecule has 1 aliphatic heterocycles.